The molecule has 1 aliphatic carbocycles. The molecule has 3 rings (SSSR count). The van der Waals surface area contributed by atoms with Crippen LogP contribution in [0.25, 0.3) is 0 Å². The minimum Gasteiger partial charge on any atom is -0.444 e. The molecule has 0 bridgehead atoms. The molecule has 3 nitrogen and oxygen atoms in total. The third-order valence-corrected chi connectivity index (χ3v) is 4.93. The van der Waals surface area contributed by atoms with Gasteiger partial charge >= 0.3 is 6.09 Å². The summed E-state index contributed by atoms with van der Waals surface area (Å²) in [5.41, 5.74) is 5.55. The summed E-state index contributed by atoms with van der Waals surface area (Å²) in [6.07, 6.45) is 4.86. The van der Waals surface area contributed by atoms with Crippen molar-refractivity contribution in [3.63, 3.8) is 0 Å². The van der Waals surface area contributed by atoms with Crippen molar-refractivity contribution < 1.29 is 9.53 Å². The summed E-state index contributed by atoms with van der Waals surface area (Å²) in [5, 5.41) is 2.78. The highest BCUT2D eigenvalue weighted by molar-refractivity contribution is 5.84. The third kappa shape index (κ3) is 4.16. The Kier molecular flexibility index (Phi) is 5.19. The predicted molar refractivity (Wildman–Crippen MR) is 97.4 cm³/mol. The van der Waals surface area contributed by atoms with Gasteiger partial charge < -0.3 is 4.74 Å². The smallest absolute Gasteiger partial charge is 0.411 e. The Morgan fingerprint density at radius 3 is 2.42 bits per heavy atom. The summed E-state index contributed by atoms with van der Waals surface area (Å²) in [4.78, 5) is 11.9. The molecule has 0 aliphatic heterocycles. The van der Waals surface area contributed by atoms with Gasteiger partial charge in [-0.05, 0) is 67.0 Å². The number of rotatable bonds is 4. The molecule has 1 amide bonds. The van der Waals surface area contributed by atoms with Crippen LogP contribution in [-0.4, -0.2) is 6.09 Å². The lowest BCUT2D eigenvalue weighted by Crippen LogP contribution is -2.13. The molecule has 0 atom stereocenters. The molecule has 0 spiro atoms. The molecule has 1 N–H and O–H groups in total. The lowest BCUT2D eigenvalue weighted by Gasteiger charge is -2.11. The van der Waals surface area contributed by atoms with E-state index in [9.17, 15) is 4.79 Å². The van der Waals surface area contributed by atoms with E-state index in [1.54, 1.807) is 0 Å². The number of nitrogens with one attached hydrogen (secondary N) is 1. The maximum Gasteiger partial charge on any atom is 0.411 e. The quantitative estimate of drug-likeness (QED) is 0.782. The molecule has 0 radical (unpaired) electrons. The van der Waals surface area contributed by atoms with E-state index < -0.39 is 6.09 Å². The molecule has 2 aromatic rings. The van der Waals surface area contributed by atoms with Crippen LogP contribution in [0.4, 0.5) is 10.5 Å². The van der Waals surface area contributed by atoms with Crippen LogP contribution in [0.2, 0.25) is 0 Å². The van der Waals surface area contributed by atoms with E-state index in [0.29, 0.717) is 12.5 Å². The second-order valence-electron chi connectivity index (χ2n) is 6.72. The number of aryl methyl sites for hydroxylation is 2. The lowest BCUT2D eigenvalue weighted by molar-refractivity contribution is 0.155. The van der Waals surface area contributed by atoms with Crippen LogP contribution in [0.1, 0.15) is 53.9 Å². The minimum atomic E-state index is -0.418. The molecule has 24 heavy (non-hydrogen) atoms. The van der Waals surface area contributed by atoms with E-state index in [0.717, 1.165) is 16.8 Å². The van der Waals surface area contributed by atoms with Crippen molar-refractivity contribution in [3.05, 3.63) is 64.7 Å². The van der Waals surface area contributed by atoms with Crippen molar-refractivity contribution in [2.45, 2.75) is 52.1 Å². The highest BCUT2D eigenvalue weighted by Gasteiger charge is 2.16. The Hall–Kier alpha value is -2.29. The first-order chi connectivity index (χ1) is 11.6. The van der Waals surface area contributed by atoms with Gasteiger partial charge in [0, 0.05) is 5.69 Å². The number of ether oxygens (including phenoxy) is 1. The van der Waals surface area contributed by atoms with E-state index in [1.807, 2.05) is 32.0 Å². The summed E-state index contributed by atoms with van der Waals surface area (Å²) in [5.74, 6) is 0.716. The van der Waals surface area contributed by atoms with Crippen LogP contribution in [0, 0.1) is 13.8 Å². The maximum absolute atomic E-state index is 11.9. The Morgan fingerprint density at radius 2 is 1.75 bits per heavy atom. The summed E-state index contributed by atoms with van der Waals surface area (Å²) < 4.78 is 5.32. The average Bonchev–Trinajstić information content (AvgIpc) is 3.11. The normalized spacial score (nSPS) is 14.6. The number of amides is 1. The fourth-order valence-electron chi connectivity index (χ4n) is 3.27. The Morgan fingerprint density at radius 1 is 1.04 bits per heavy atom. The zero-order valence-electron chi connectivity index (χ0n) is 14.5. The van der Waals surface area contributed by atoms with Crippen LogP contribution >= 0.6 is 0 Å². The van der Waals surface area contributed by atoms with Crippen LogP contribution in [0.5, 0.6) is 0 Å². The number of anilines is 1. The largest absolute Gasteiger partial charge is 0.444 e. The van der Waals surface area contributed by atoms with Gasteiger partial charge in [0.05, 0.1) is 0 Å². The third-order valence-electron chi connectivity index (χ3n) is 4.93. The predicted octanol–water partition coefficient (Wildman–Crippen LogP) is 5.71. The second-order valence-corrected chi connectivity index (χ2v) is 6.72. The maximum atomic E-state index is 11.9. The van der Waals surface area contributed by atoms with Crippen molar-refractivity contribution >= 4 is 11.8 Å². The Bertz CT molecular complexity index is 700. The molecule has 0 aromatic heterocycles. The van der Waals surface area contributed by atoms with E-state index in [-0.39, 0.29) is 0 Å². The highest BCUT2D eigenvalue weighted by atomic mass is 16.5. The van der Waals surface area contributed by atoms with E-state index in [4.69, 9.17) is 4.74 Å². The number of hydrogen-bond donors (Lipinski definition) is 1. The molecule has 2 aromatic carbocycles. The molecule has 0 heterocycles. The van der Waals surface area contributed by atoms with Crippen LogP contribution < -0.4 is 5.32 Å². The van der Waals surface area contributed by atoms with Gasteiger partial charge in [-0.1, -0.05) is 43.2 Å². The van der Waals surface area contributed by atoms with Crippen molar-refractivity contribution in [2.75, 3.05) is 5.32 Å². The molecular weight excluding hydrogens is 298 g/mol. The first kappa shape index (κ1) is 16.6. The van der Waals surface area contributed by atoms with E-state index in [1.165, 1.54) is 36.8 Å². The fraction of sp³-hybridized carbons (Fsp3) is 0.381. The number of carbonyl (C=O) groups excluding carboxylic acids is 1. The van der Waals surface area contributed by atoms with Gasteiger partial charge in [-0.2, -0.15) is 0 Å². The second kappa shape index (κ2) is 7.52. The zero-order chi connectivity index (χ0) is 16.9. The van der Waals surface area contributed by atoms with Crippen molar-refractivity contribution in [1.29, 1.82) is 0 Å². The van der Waals surface area contributed by atoms with Crippen LogP contribution in [0.15, 0.2) is 42.5 Å². The molecule has 0 unspecified atom stereocenters. The molecule has 1 saturated carbocycles. The Labute approximate surface area is 144 Å². The molecule has 126 valence electrons. The lowest BCUT2D eigenvalue weighted by atomic mass is 9.97. The fourth-order valence-corrected chi connectivity index (χ4v) is 3.27. The minimum absolute atomic E-state index is 0.293. The number of hydrogen-bond acceptors (Lipinski definition) is 2. The molecule has 0 saturated heterocycles. The Balaban J connectivity index is 1.51. The average molecular weight is 323 g/mol. The van der Waals surface area contributed by atoms with E-state index >= 15 is 0 Å². The SMILES string of the molecule is Cc1ccc(NC(=O)OCc2ccc(C3CCCC3)cc2)cc1C. The van der Waals surface area contributed by atoms with Crippen molar-refractivity contribution in [3.8, 4) is 0 Å². The van der Waals surface area contributed by atoms with Gasteiger partial charge in [0.1, 0.15) is 6.61 Å². The van der Waals surface area contributed by atoms with Crippen LogP contribution in [0.3, 0.4) is 0 Å². The zero-order valence-corrected chi connectivity index (χ0v) is 14.5. The molecule has 3 heteroatoms. The number of benzene rings is 2. The standard InChI is InChI=1S/C21H25NO2/c1-15-7-12-20(13-16(15)2)22-21(23)24-14-17-8-10-19(11-9-17)18-5-3-4-6-18/h7-13,18H,3-6,14H2,1-2H3,(H,22,23). The molecular formula is C21H25NO2. The summed E-state index contributed by atoms with van der Waals surface area (Å²) in [6, 6.07) is 14.3. The highest BCUT2D eigenvalue weighted by Crippen LogP contribution is 2.34. The van der Waals surface area contributed by atoms with Gasteiger partial charge in [0.2, 0.25) is 0 Å². The van der Waals surface area contributed by atoms with Gasteiger partial charge in [-0.25, -0.2) is 4.79 Å². The van der Waals surface area contributed by atoms with Gasteiger partial charge in [-0.3, -0.25) is 5.32 Å². The summed E-state index contributed by atoms with van der Waals surface area (Å²) in [6.45, 7) is 4.37. The van der Waals surface area contributed by atoms with Gasteiger partial charge in [0.15, 0.2) is 0 Å². The molecule has 1 fully saturated rings. The topological polar surface area (TPSA) is 38.3 Å². The first-order valence-corrected chi connectivity index (χ1v) is 8.72. The van der Waals surface area contributed by atoms with Crippen molar-refractivity contribution in [1.82, 2.24) is 0 Å². The first-order valence-electron chi connectivity index (χ1n) is 8.72. The van der Waals surface area contributed by atoms with E-state index in [2.05, 4.69) is 29.6 Å². The number of carbonyl (C=O) groups is 1. The van der Waals surface area contributed by atoms with Gasteiger partial charge in [0.25, 0.3) is 0 Å². The van der Waals surface area contributed by atoms with Crippen molar-refractivity contribution in [2.24, 2.45) is 0 Å². The monoisotopic (exact) mass is 323 g/mol. The summed E-state index contributed by atoms with van der Waals surface area (Å²) >= 11 is 0. The molecule has 1 aliphatic rings. The van der Waals surface area contributed by atoms with Crippen LogP contribution in [-0.2, 0) is 11.3 Å². The summed E-state index contributed by atoms with van der Waals surface area (Å²) in [7, 11) is 0. The van der Waals surface area contributed by atoms with Gasteiger partial charge in [-0.15, -0.1) is 0 Å².